The van der Waals surface area contributed by atoms with Crippen molar-refractivity contribution in [3.05, 3.63) is 0 Å². The number of ether oxygens (including phenoxy) is 6. The molecule has 15 heteroatoms. The SMILES string of the molecule is C.C.C.C.C.C.CCC(C)(C)C(=O)OC1(C)C2CC3CC(C2)CC1C3.CCC(C)(C)C(=O)OC12CC3CC(O)(CC(O)(C3)C1)C2.CCC(C)(C)C(=O)OCCOC(=O)CCC(=O)OC1C2CC3C1OC(=O)C3(C#N)C2. The molecule has 11 aliphatic rings. The van der Waals surface area contributed by atoms with Crippen molar-refractivity contribution in [3.8, 4) is 6.07 Å². The van der Waals surface area contributed by atoms with E-state index >= 15 is 0 Å². The van der Waals surface area contributed by atoms with Gasteiger partial charge in [0, 0.05) is 31.1 Å². The van der Waals surface area contributed by atoms with E-state index in [1.807, 2.05) is 41.5 Å². The van der Waals surface area contributed by atoms with E-state index < -0.39 is 63.2 Å². The van der Waals surface area contributed by atoms with Gasteiger partial charge in [0.2, 0.25) is 0 Å². The van der Waals surface area contributed by atoms with Gasteiger partial charge in [-0.05, 0) is 162 Å². The molecule has 0 aromatic rings. The fourth-order valence-electron chi connectivity index (χ4n) is 14.0. The van der Waals surface area contributed by atoms with E-state index in [4.69, 9.17) is 28.4 Å². The van der Waals surface area contributed by atoms with Crippen molar-refractivity contribution in [2.24, 2.45) is 63.1 Å². The zero-order valence-corrected chi connectivity index (χ0v) is 43.1. The van der Waals surface area contributed by atoms with Gasteiger partial charge in [-0.3, -0.25) is 28.8 Å². The van der Waals surface area contributed by atoms with Crippen molar-refractivity contribution in [2.45, 2.75) is 264 Å². The molecule has 0 radical (unpaired) electrons. The average molecular weight is 1060 g/mol. The van der Waals surface area contributed by atoms with Crippen LogP contribution in [0.2, 0.25) is 0 Å². The van der Waals surface area contributed by atoms with Crippen molar-refractivity contribution in [3.63, 3.8) is 0 Å². The molecule has 0 amide bonds. The van der Waals surface area contributed by atoms with Crippen LogP contribution in [0, 0.1) is 74.4 Å². The number of nitriles is 1. The Labute approximate surface area is 453 Å². The van der Waals surface area contributed by atoms with Crippen LogP contribution in [0.3, 0.4) is 0 Å². The fraction of sp³-hybridized carbons (Fsp3) is 0.883. The summed E-state index contributed by atoms with van der Waals surface area (Å²) in [4.78, 5) is 72.7. The lowest BCUT2D eigenvalue weighted by atomic mass is 9.50. The summed E-state index contributed by atoms with van der Waals surface area (Å²) in [7, 11) is 0. The molecule has 0 aromatic carbocycles. The van der Waals surface area contributed by atoms with Crippen LogP contribution < -0.4 is 0 Å². The molecular weight excluding hydrogens is 959 g/mol. The van der Waals surface area contributed by atoms with Crippen LogP contribution >= 0.6 is 0 Å². The fourth-order valence-corrected chi connectivity index (χ4v) is 14.0. The second-order valence-corrected chi connectivity index (χ2v) is 25.2. The first-order valence-electron chi connectivity index (χ1n) is 26.1. The lowest BCUT2D eigenvalue weighted by molar-refractivity contribution is -0.264. The minimum absolute atomic E-state index is 0. The van der Waals surface area contributed by atoms with Crippen molar-refractivity contribution in [1.82, 2.24) is 0 Å². The predicted molar refractivity (Wildman–Crippen MR) is 289 cm³/mol. The van der Waals surface area contributed by atoms with Gasteiger partial charge < -0.3 is 38.6 Å². The molecule has 1 saturated heterocycles. The van der Waals surface area contributed by atoms with Crippen LogP contribution in [-0.2, 0) is 57.2 Å². The van der Waals surface area contributed by atoms with Crippen LogP contribution in [0.4, 0.5) is 0 Å². The maximum atomic E-state index is 12.5. The van der Waals surface area contributed by atoms with E-state index in [2.05, 4.69) is 19.9 Å². The summed E-state index contributed by atoms with van der Waals surface area (Å²) < 4.78 is 32.8. The van der Waals surface area contributed by atoms with Crippen molar-refractivity contribution >= 4 is 35.8 Å². The number of hydrogen-bond acceptors (Lipinski definition) is 15. The zero-order valence-electron chi connectivity index (χ0n) is 43.1. The normalized spacial score (nSPS) is 36.1. The highest BCUT2D eigenvalue weighted by Crippen LogP contribution is 2.63. The highest BCUT2D eigenvalue weighted by molar-refractivity contribution is 5.85. The van der Waals surface area contributed by atoms with Crippen LogP contribution in [0.5, 0.6) is 0 Å². The van der Waals surface area contributed by atoms with E-state index in [9.17, 15) is 44.2 Å². The topological polar surface area (TPSA) is 222 Å². The standard InChI is InChI=1S/C21H27NO8.C17H28O2.C16H26O4.6CH4/c1-4-20(2,3)18(25)28-8-7-27-14(23)5-6-15(24)29-16-12-9-13-17(16)30-19(26)21(13,10-12)11-22;1-5-16(2,3)15(18)19-17(4)13-7-11-6-12(9-13)10-14(17)8-11;1-4-13(2,3)12(17)20-16-7-11-5-14(18,9-16)8-15(19,6-11)10-16;;;;;;/h12-13,16-17H,4-10H2,1-3H3;11-14H,5-10H2,1-4H3;11,18-19H,4-10H2,1-3H3;6*1H4. The minimum atomic E-state index is -1.09. The Morgan fingerprint density at radius 3 is 1.57 bits per heavy atom. The molecule has 0 aromatic heterocycles. The largest absolute Gasteiger partial charge is 0.462 e. The van der Waals surface area contributed by atoms with E-state index in [-0.39, 0.29) is 117 Å². The van der Waals surface area contributed by atoms with Crippen LogP contribution in [0.25, 0.3) is 0 Å². The molecule has 1 heterocycles. The molecule has 10 saturated carbocycles. The second-order valence-electron chi connectivity index (χ2n) is 25.2. The van der Waals surface area contributed by atoms with Gasteiger partial charge in [-0.2, -0.15) is 5.26 Å². The number of aliphatic hydroxyl groups is 2. The van der Waals surface area contributed by atoms with Gasteiger partial charge in [0.05, 0.1) is 46.4 Å². The van der Waals surface area contributed by atoms with Gasteiger partial charge in [-0.15, -0.1) is 0 Å². The lowest BCUT2D eigenvalue weighted by Gasteiger charge is -2.62. The Kier molecular flexibility index (Phi) is 23.0. The number of hydrogen-bond donors (Lipinski definition) is 2. The van der Waals surface area contributed by atoms with E-state index in [1.54, 1.807) is 13.8 Å². The van der Waals surface area contributed by atoms with E-state index in [0.29, 0.717) is 50.4 Å². The Morgan fingerprint density at radius 2 is 1.09 bits per heavy atom. The van der Waals surface area contributed by atoms with Gasteiger partial charge in [0.25, 0.3) is 0 Å². The van der Waals surface area contributed by atoms with Crippen molar-refractivity contribution in [2.75, 3.05) is 13.2 Å². The molecular formula is C60H105NO14. The molecule has 0 spiro atoms. The first-order valence-corrected chi connectivity index (χ1v) is 26.1. The minimum Gasteiger partial charge on any atom is -0.462 e. The van der Waals surface area contributed by atoms with E-state index in [0.717, 1.165) is 43.9 Å². The number of rotatable bonds is 15. The summed E-state index contributed by atoms with van der Waals surface area (Å²) in [6.07, 6.45) is 12.0. The first-order chi connectivity index (χ1) is 32.1. The number of fused-ring (bicyclic) bond motifs is 1. The smallest absolute Gasteiger partial charge is 0.327 e. The first kappa shape index (κ1) is 69.2. The quantitative estimate of drug-likeness (QED) is 0.0884. The maximum Gasteiger partial charge on any atom is 0.327 e. The summed E-state index contributed by atoms with van der Waals surface area (Å²) >= 11 is 0. The molecule has 7 atom stereocenters. The van der Waals surface area contributed by atoms with Gasteiger partial charge in [-0.25, -0.2) is 0 Å². The highest BCUT2D eigenvalue weighted by Gasteiger charge is 2.72. The third-order valence-corrected chi connectivity index (χ3v) is 18.8. The summed E-state index contributed by atoms with van der Waals surface area (Å²) in [6.45, 7) is 19.4. The maximum absolute atomic E-state index is 12.5. The van der Waals surface area contributed by atoms with Crippen LogP contribution in [0.15, 0.2) is 0 Å². The molecule has 15 nitrogen and oxygen atoms in total. The molecule has 10 bridgehead atoms. The molecule has 2 N–H and O–H groups in total. The van der Waals surface area contributed by atoms with Gasteiger partial charge in [0.15, 0.2) is 5.41 Å². The monoisotopic (exact) mass is 1060 g/mol. The lowest BCUT2D eigenvalue weighted by Crippen LogP contribution is -2.67. The van der Waals surface area contributed by atoms with Crippen molar-refractivity contribution in [1.29, 1.82) is 5.26 Å². The summed E-state index contributed by atoms with van der Waals surface area (Å²) in [5, 5.41) is 30.7. The summed E-state index contributed by atoms with van der Waals surface area (Å²) in [6, 6.07) is 2.10. The molecule has 75 heavy (non-hydrogen) atoms. The molecule has 434 valence electrons. The number of esters is 6. The third-order valence-electron chi connectivity index (χ3n) is 18.8. The number of carbonyl (C=O) groups excluding carboxylic acids is 6. The average Bonchev–Trinajstić information content (AvgIpc) is 3.87. The Hall–Kier alpha value is -3.77. The third kappa shape index (κ3) is 13.7. The van der Waals surface area contributed by atoms with Crippen LogP contribution in [-0.4, -0.2) is 93.9 Å². The van der Waals surface area contributed by atoms with Gasteiger partial charge in [0.1, 0.15) is 36.6 Å². The highest BCUT2D eigenvalue weighted by atomic mass is 16.6. The van der Waals surface area contributed by atoms with Crippen LogP contribution in [0.1, 0.15) is 229 Å². The molecule has 11 fully saturated rings. The molecule has 1 aliphatic heterocycles. The predicted octanol–water partition coefficient (Wildman–Crippen LogP) is 11.8. The Morgan fingerprint density at radius 1 is 0.627 bits per heavy atom. The van der Waals surface area contributed by atoms with Crippen molar-refractivity contribution < 1.29 is 67.4 Å². The van der Waals surface area contributed by atoms with Gasteiger partial charge >= 0.3 is 35.8 Å². The Balaban J connectivity index is 0.000000557. The number of nitrogens with zero attached hydrogens (tertiary/aromatic N) is 1. The van der Waals surface area contributed by atoms with E-state index in [1.165, 1.54) is 32.1 Å². The summed E-state index contributed by atoms with van der Waals surface area (Å²) in [5.74, 6) is 0.830. The Bertz CT molecular complexity index is 2010. The molecule has 7 unspecified atom stereocenters. The summed E-state index contributed by atoms with van der Waals surface area (Å²) in [5.41, 5.74) is -5.02. The molecule has 11 rings (SSSR count). The van der Waals surface area contributed by atoms with Gasteiger partial charge in [-0.1, -0.05) is 65.3 Å². The second kappa shape index (κ2) is 24.9. The molecule has 10 aliphatic carbocycles. The number of carbonyl (C=O) groups is 6. The zero-order chi connectivity index (χ0) is 50.8.